The molecule has 1 saturated carbocycles. The maximum Gasteiger partial charge on any atom is 0.182 e. The Hall–Kier alpha value is -1.75. The third kappa shape index (κ3) is 3.17. The minimum Gasteiger partial charge on any atom is -0.383 e. The predicted octanol–water partition coefficient (Wildman–Crippen LogP) is 0.604. The first-order valence-corrected chi connectivity index (χ1v) is 7.99. The highest BCUT2D eigenvalue weighted by Crippen LogP contribution is 2.31. The summed E-state index contributed by atoms with van der Waals surface area (Å²) in [6, 6.07) is 1.98. The molecule has 1 heterocycles. The molecule has 0 saturated heterocycles. The molecule has 1 aliphatic rings. The number of rotatable bonds is 6. The summed E-state index contributed by atoms with van der Waals surface area (Å²) in [4.78, 5) is 0.0334. The van der Waals surface area contributed by atoms with Gasteiger partial charge in [0.1, 0.15) is 5.82 Å². The van der Waals surface area contributed by atoms with Crippen molar-refractivity contribution in [3.8, 4) is 6.07 Å². The van der Waals surface area contributed by atoms with E-state index in [-0.39, 0.29) is 23.7 Å². The second-order valence-electron chi connectivity index (χ2n) is 4.79. The van der Waals surface area contributed by atoms with Crippen LogP contribution >= 0.6 is 0 Å². The van der Waals surface area contributed by atoms with E-state index in [0.29, 0.717) is 18.3 Å². The summed E-state index contributed by atoms with van der Waals surface area (Å²) in [7, 11) is -3.45. The Balaban J connectivity index is 2.30. The van der Waals surface area contributed by atoms with Gasteiger partial charge in [0.05, 0.1) is 19.0 Å². The smallest absolute Gasteiger partial charge is 0.182 e. The highest BCUT2D eigenvalue weighted by molar-refractivity contribution is 7.91. The van der Waals surface area contributed by atoms with Crippen LogP contribution in [0.2, 0.25) is 0 Å². The quantitative estimate of drug-likeness (QED) is 0.790. The van der Waals surface area contributed by atoms with Crippen LogP contribution in [-0.2, 0) is 16.4 Å². The van der Waals surface area contributed by atoms with Gasteiger partial charge in [-0.2, -0.15) is 10.4 Å². The van der Waals surface area contributed by atoms with Crippen LogP contribution in [0.5, 0.6) is 0 Å². The first kappa shape index (κ1) is 13.7. The van der Waals surface area contributed by atoms with E-state index in [9.17, 15) is 8.42 Å². The molecule has 0 aromatic carbocycles. The highest BCUT2D eigenvalue weighted by atomic mass is 32.2. The zero-order valence-corrected chi connectivity index (χ0v) is 11.6. The summed E-state index contributed by atoms with van der Waals surface area (Å²) >= 11 is 0. The van der Waals surface area contributed by atoms with Crippen LogP contribution in [0.3, 0.4) is 0 Å². The molecular formula is C11H17N5O2S. The molecule has 19 heavy (non-hydrogen) atoms. The number of hydrogen-bond donors (Lipinski definition) is 2. The molecule has 1 aliphatic carbocycles. The number of anilines is 2. The molecule has 0 aliphatic heterocycles. The van der Waals surface area contributed by atoms with Crippen molar-refractivity contribution in [3.05, 3.63) is 0 Å². The molecule has 1 aromatic rings. The SMILES string of the molecule is CS(=O)(=O)c1c(NCC2CC2)nn(CCC#N)c1N. The Labute approximate surface area is 112 Å². The molecule has 7 nitrogen and oxygen atoms in total. The minimum atomic E-state index is -3.45. The van der Waals surface area contributed by atoms with E-state index in [0.717, 1.165) is 19.1 Å². The van der Waals surface area contributed by atoms with Gasteiger partial charge in [-0.1, -0.05) is 0 Å². The number of aryl methyl sites for hydroxylation is 1. The minimum absolute atomic E-state index is 0.0334. The number of sulfone groups is 1. The van der Waals surface area contributed by atoms with Crippen molar-refractivity contribution in [3.63, 3.8) is 0 Å². The van der Waals surface area contributed by atoms with Gasteiger partial charge in [0.25, 0.3) is 0 Å². The van der Waals surface area contributed by atoms with Gasteiger partial charge in [0.2, 0.25) is 0 Å². The van der Waals surface area contributed by atoms with Crippen LogP contribution in [0.25, 0.3) is 0 Å². The normalized spacial score (nSPS) is 15.2. The second-order valence-corrected chi connectivity index (χ2v) is 6.74. The molecule has 3 N–H and O–H groups in total. The summed E-state index contributed by atoms with van der Waals surface area (Å²) in [6.45, 7) is 0.993. The summed E-state index contributed by atoms with van der Waals surface area (Å²) in [5, 5.41) is 15.8. The second kappa shape index (κ2) is 5.09. The monoisotopic (exact) mass is 283 g/mol. The lowest BCUT2D eigenvalue weighted by molar-refractivity contribution is 0.601. The van der Waals surface area contributed by atoms with Crippen molar-refractivity contribution in [2.75, 3.05) is 23.9 Å². The first-order valence-electron chi connectivity index (χ1n) is 6.10. The van der Waals surface area contributed by atoms with Crippen molar-refractivity contribution >= 4 is 21.5 Å². The van der Waals surface area contributed by atoms with Crippen LogP contribution < -0.4 is 11.1 Å². The van der Waals surface area contributed by atoms with E-state index in [1.165, 1.54) is 4.68 Å². The van der Waals surface area contributed by atoms with Gasteiger partial charge in [0.15, 0.2) is 20.6 Å². The zero-order chi connectivity index (χ0) is 14.0. The molecule has 104 valence electrons. The van der Waals surface area contributed by atoms with Gasteiger partial charge < -0.3 is 11.1 Å². The number of nitrogens with zero attached hydrogens (tertiary/aromatic N) is 3. The lowest BCUT2D eigenvalue weighted by Crippen LogP contribution is -2.08. The van der Waals surface area contributed by atoms with Crippen molar-refractivity contribution in [2.45, 2.75) is 30.7 Å². The molecule has 8 heteroatoms. The predicted molar refractivity (Wildman–Crippen MR) is 71.2 cm³/mol. The Kier molecular flexibility index (Phi) is 3.66. The van der Waals surface area contributed by atoms with E-state index in [4.69, 9.17) is 11.0 Å². The van der Waals surface area contributed by atoms with Gasteiger partial charge in [-0.05, 0) is 18.8 Å². The Morgan fingerprint density at radius 3 is 2.79 bits per heavy atom. The van der Waals surface area contributed by atoms with E-state index >= 15 is 0 Å². The van der Waals surface area contributed by atoms with Gasteiger partial charge in [-0.3, -0.25) is 0 Å². The van der Waals surface area contributed by atoms with Crippen LogP contribution in [0.4, 0.5) is 11.6 Å². The maximum atomic E-state index is 11.8. The topological polar surface area (TPSA) is 114 Å². The molecule has 1 fully saturated rings. The number of nitriles is 1. The average molecular weight is 283 g/mol. The van der Waals surface area contributed by atoms with E-state index in [1.807, 2.05) is 6.07 Å². The largest absolute Gasteiger partial charge is 0.383 e. The molecule has 0 atom stereocenters. The number of nitrogen functional groups attached to an aromatic ring is 1. The number of aromatic nitrogens is 2. The molecule has 0 radical (unpaired) electrons. The molecule has 0 spiro atoms. The van der Waals surface area contributed by atoms with Crippen molar-refractivity contribution in [1.29, 1.82) is 5.26 Å². The van der Waals surface area contributed by atoms with Gasteiger partial charge in [-0.25, -0.2) is 13.1 Å². The van der Waals surface area contributed by atoms with Gasteiger partial charge >= 0.3 is 0 Å². The Morgan fingerprint density at radius 1 is 1.58 bits per heavy atom. The van der Waals surface area contributed by atoms with E-state index < -0.39 is 9.84 Å². The van der Waals surface area contributed by atoms with E-state index in [2.05, 4.69) is 10.4 Å². The Morgan fingerprint density at radius 2 is 2.26 bits per heavy atom. The van der Waals surface area contributed by atoms with Gasteiger partial charge in [-0.15, -0.1) is 0 Å². The van der Waals surface area contributed by atoms with Crippen LogP contribution in [0.1, 0.15) is 19.3 Å². The first-order chi connectivity index (χ1) is 8.93. The zero-order valence-electron chi connectivity index (χ0n) is 10.8. The molecule has 1 aromatic heterocycles. The third-order valence-corrected chi connectivity index (χ3v) is 4.15. The number of nitrogens with one attached hydrogen (secondary N) is 1. The van der Waals surface area contributed by atoms with E-state index in [1.54, 1.807) is 0 Å². The fourth-order valence-corrected chi connectivity index (χ4v) is 2.78. The average Bonchev–Trinajstić information content (AvgIpc) is 3.07. The fourth-order valence-electron chi connectivity index (χ4n) is 1.83. The number of hydrogen-bond acceptors (Lipinski definition) is 6. The summed E-state index contributed by atoms with van der Waals surface area (Å²) in [5.74, 6) is 0.985. The van der Waals surface area contributed by atoms with Crippen molar-refractivity contribution in [2.24, 2.45) is 5.92 Å². The lowest BCUT2D eigenvalue weighted by atomic mass is 10.4. The fraction of sp³-hybridized carbons (Fsp3) is 0.636. The standard InChI is InChI=1S/C11H17N5O2S/c1-19(17,18)9-10(13)16(6-2-5-12)15-11(9)14-7-8-3-4-8/h8H,2-4,6-7,13H2,1H3,(H,14,15). The van der Waals surface area contributed by atoms with Gasteiger partial charge in [0, 0.05) is 12.8 Å². The third-order valence-electron chi connectivity index (χ3n) is 3.01. The summed E-state index contributed by atoms with van der Waals surface area (Å²) in [6.07, 6.45) is 3.66. The van der Waals surface area contributed by atoms with Crippen LogP contribution in [0.15, 0.2) is 4.90 Å². The lowest BCUT2D eigenvalue weighted by Gasteiger charge is -2.03. The molecule has 0 unspecified atom stereocenters. The van der Waals surface area contributed by atoms with Crippen LogP contribution in [0, 0.1) is 17.2 Å². The molecule has 0 amide bonds. The van der Waals surface area contributed by atoms with Crippen molar-refractivity contribution < 1.29 is 8.42 Å². The molecule has 0 bridgehead atoms. The number of nitrogens with two attached hydrogens (primary N) is 1. The highest BCUT2D eigenvalue weighted by Gasteiger charge is 2.26. The summed E-state index contributed by atoms with van der Waals surface area (Å²) in [5.41, 5.74) is 5.82. The summed E-state index contributed by atoms with van der Waals surface area (Å²) < 4.78 is 24.9. The van der Waals surface area contributed by atoms with Crippen molar-refractivity contribution in [1.82, 2.24) is 9.78 Å². The van der Waals surface area contributed by atoms with Crippen LogP contribution in [-0.4, -0.2) is 31.0 Å². The molecule has 2 rings (SSSR count). The maximum absolute atomic E-state index is 11.8. The Bertz CT molecular complexity index is 610. The molecular weight excluding hydrogens is 266 g/mol.